The number of hydrogen-bond acceptors (Lipinski definition) is 3. The van der Waals surface area contributed by atoms with Crippen molar-refractivity contribution in [1.29, 1.82) is 0 Å². The first-order valence-electron chi connectivity index (χ1n) is 6.60. The maximum atomic E-state index is 12.8. The minimum Gasteiger partial charge on any atom is -0.393 e. The Morgan fingerprint density at radius 1 is 1.48 bits per heavy atom. The second-order valence-corrected chi connectivity index (χ2v) is 5.26. The van der Waals surface area contributed by atoms with Crippen LogP contribution in [0.15, 0.2) is 18.3 Å². The first-order chi connectivity index (χ1) is 9.62. The van der Waals surface area contributed by atoms with Crippen LogP contribution >= 0.6 is 0 Å². The van der Waals surface area contributed by atoms with Gasteiger partial charge in [-0.05, 0) is 25.5 Å². The number of nitrogens with one attached hydrogen (secondary N) is 1. The summed E-state index contributed by atoms with van der Waals surface area (Å²) in [6.45, 7) is 5.25. The maximum Gasteiger partial charge on any atom is 0.434 e. The summed E-state index contributed by atoms with van der Waals surface area (Å²) in [4.78, 5) is 15.2. The Morgan fingerprint density at radius 2 is 2.10 bits per heavy atom. The molecule has 0 aliphatic rings. The highest BCUT2D eigenvalue weighted by Gasteiger charge is 2.37. The van der Waals surface area contributed by atoms with Crippen LogP contribution in [-0.2, 0) is 6.18 Å². The summed E-state index contributed by atoms with van der Waals surface area (Å²) in [6.07, 6.45) is -3.82. The summed E-state index contributed by atoms with van der Waals surface area (Å²) in [5, 5.41) is 12.1. The molecule has 1 aromatic rings. The number of aromatic nitrogens is 1. The molecule has 0 spiro atoms. The summed E-state index contributed by atoms with van der Waals surface area (Å²) < 4.78 is 38.4. The zero-order valence-electron chi connectivity index (χ0n) is 12.2. The molecule has 0 aromatic carbocycles. The third kappa shape index (κ3) is 4.17. The van der Waals surface area contributed by atoms with Gasteiger partial charge in [-0.2, -0.15) is 13.2 Å². The van der Waals surface area contributed by atoms with E-state index in [1.54, 1.807) is 13.8 Å². The van der Waals surface area contributed by atoms with Gasteiger partial charge in [0.15, 0.2) is 5.69 Å². The first kappa shape index (κ1) is 17.4. The second-order valence-electron chi connectivity index (χ2n) is 5.26. The standard InChI is InChI=1S/C14H19F3N2O2/c1-4-13(3,9(2)20)8-19-12(21)10-6-5-7-18-11(10)14(15,16)17/h5-7,9,20H,4,8H2,1-3H3,(H,19,21)/t9-,13+/m1/s1. The second kappa shape index (κ2) is 6.43. The van der Waals surface area contributed by atoms with Gasteiger partial charge in [0.1, 0.15) is 0 Å². The molecule has 2 N–H and O–H groups in total. The van der Waals surface area contributed by atoms with E-state index in [2.05, 4.69) is 10.3 Å². The molecule has 2 atom stereocenters. The zero-order chi connectivity index (χ0) is 16.3. The van der Waals surface area contributed by atoms with Crippen molar-refractivity contribution in [3.63, 3.8) is 0 Å². The molecule has 0 bridgehead atoms. The number of aliphatic hydroxyl groups is 1. The Labute approximate surface area is 121 Å². The van der Waals surface area contributed by atoms with Crippen molar-refractivity contribution in [2.24, 2.45) is 5.41 Å². The number of halogens is 3. The van der Waals surface area contributed by atoms with Gasteiger partial charge in [-0.1, -0.05) is 13.8 Å². The average molecular weight is 304 g/mol. The van der Waals surface area contributed by atoms with Crippen LogP contribution in [0.1, 0.15) is 43.2 Å². The van der Waals surface area contributed by atoms with E-state index in [4.69, 9.17) is 0 Å². The van der Waals surface area contributed by atoms with Crippen molar-refractivity contribution < 1.29 is 23.1 Å². The van der Waals surface area contributed by atoms with E-state index in [0.29, 0.717) is 6.42 Å². The van der Waals surface area contributed by atoms with Crippen molar-refractivity contribution in [1.82, 2.24) is 10.3 Å². The number of hydrogen-bond donors (Lipinski definition) is 2. The highest BCUT2D eigenvalue weighted by atomic mass is 19.4. The van der Waals surface area contributed by atoms with Crippen LogP contribution in [0.25, 0.3) is 0 Å². The fourth-order valence-corrected chi connectivity index (χ4v) is 1.76. The number of pyridine rings is 1. The Balaban J connectivity index is 2.92. The van der Waals surface area contributed by atoms with Crippen LogP contribution in [0.5, 0.6) is 0 Å². The maximum absolute atomic E-state index is 12.8. The predicted molar refractivity (Wildman–Crippen MR) is 71.7 cm³/mol. The molecule has 0 saturated heterocycles. The lowest BCUT2D eigenvalue weighted by Gasteiger charge is -2.31. The fraction of sp³-hybridized carbons (Fsp3) is 0.571. The summed E-state index contributed by atoms with van der Waals surface area (Å²) in [6, 6.07) is 2.36. The van der Waals surface area contributed by atoms with E-state index in [-0.39, 0.29) is 6.54 Å². The molecule has 1 amide bonds. The number of rotatable bonds is 5. The summed E-state index contributed by atoms with van der Waals surface area (Å²) in [7, 11) is 0. The number of amides is 1. The topological polar surface area (TPSA) is 62.2 Å². The summed E-state index contributed by atoms with van der Waals surface area (Å²) in [5.74, 6) is -0.851. The van der Waals surface area contributed by atoms with Gasteiger partial charge in [0.25, 0.3) is 5.91 Å². The van der Waals surface area contributed by atoms with Gasteiger partial charge >= 0.3 is 6.18 Å². The summed E-state index contributed by atoms with van der Waals surface area (Å²) >= 11 is 0. The molecular weight excluding hydrogens is 285 g/mol. The molecule has 0 unspecified atom stereocenters. The van der Waals surface area contributed by atoms with Crippen molar-refractivity contribution in [2.75, 3.05) is 6.54 Å². The molecule has 118 valence electrons. The lowest BCUT2D eigenvalue weighted by atomic mass is 9.82. The van der Waals surface area contributed by atoms with Crippen molar-refractivity contribution in [2.45, 2.75) is 39.5 Å². The third-order valence-electron chi connectivity index (χ3n) is 3.79. The predicted octanol–water partition coefficient (Wildman–Crippen LogP) is 2.63. The monoisotopic (exact) mass is 304 g/mol. The minimum atomic E-state index is -4.69. The van der Waals surface area contributed by atoms with E-state index in [1.165, 1.54) is 6.07 Å². The Bertz CT molecular complexity index is 503. The Kier molecular flexibility index (Phi) is 5.33. The average Bonchev–Trinajstić information content (AvgIpc) is 2.43. The number of carbonyl (C=O) groups is 1. The van der Waals surface area contributed by atoms with Gasteiger partial charge in [-0.3, -0.25) is 9.78 Å². The molecule has 1 rings (SSSR count). The lowest BCUT2D eigenvalue weighted by molar-refractivity contribution is -0.141. The molecule has 0 aliphatic heterocycles. The van der Waals surface area contributed by atoms with Crippen LogP contribution in [0, 0.1) is 5.41 Å². The van der Waals surface area contributed by atoms with Gasteiger partial charge in [-0.15, -0.1) is 0 Å². The van der Waals surface area contributed by atoms with Crippen LogP contribution in [0.3, 0.4) is 0 Å². The largest absolute Gasteiger partial charge is 0.434 e. The molecule has 0 saturated carbocycles. The molecule has 1 aromatic heterocycles. The number of alkyl halides is 3. The van der Waals surface area contributed by atoms with Crippen LogP contribution in [0.2, 0.25) is 0 Å². The SMILES string of the molecule is CC[C@@](C)(CNC(=O)c1cccnc1C(F)(F)F)[C@@H](C)O. The molecule has 1 heterocycles. The lowest BCUT2D eigenvalue weighted by Crippen LogP contribution is -2.42. The first-order valence-corrected chi connectivity index (χ1v) is 6.60. The normalized spacial score (nSPS) is 16.1. The molecule has 7 heteroatoms. The fourth-order valence-electron chi connectivity index (χ4n) is 1.76. The Morgan fingerprint density at radius 3 is 2.57 bits per heavy atom. The summed E-state index contributed by atoms with van der Waals surface area (Å²) in [5.41, 5.74) is -2.33. The quantitative estimate of drug-likeness (QED) is 0.879. The van der Waals surface area contributed by atoms with Gasteiger partial charge in [0.05, 0.1) is 11.7 Å². The third-order valence-corrected chi connectivity index (χ3v) is 3.79. The van der Waals surface area contributed by atoms with Crippen LogP contribution < -0.4 is 5.32 Å². The van der Waals surface area contributed by atoms with Gasteiger partial charge < -0.3 is 10.4 Å². The van der Waals surface area contributed by atoms with Gasteiger partial charge in [0, 0.05) is 18.2 Å². The van der Waals surface area contributed by atoms with E-state index in [1.807, 2.05) is 6.92 Å². The molecule has 0 fully saturated rings. The molecule has 4 nitrogen and oxygen atoms in total. The van der Waals surface area contributed by atoms with Gasteiger partial charge in [-0.25, -0.2) is 0 Å². The van der Waals surface area contributed by atoms with E-state index < -0.39 is 34.9 Å². The van der Waals surface area contributed by atoms with Gasteiger partial charge in [0.2, 0.25) is 0 Å². The zero-order valence-corrected chi connectivity index (χ0v) is 12.2. The highest BCUT2D eigenvalue weighted by Crippen LogP contribution is 2.30. The van der Waals surface area contributed by atoms with E-state index in [0.717, 1.165) is 12.3 Å². The highest BCUT2D eigenvalue weighted by molar-refractivity contribution is 5.95. The van der Waals surface area contributed by atoms with E-state index in [9.17, 15) is 23.1 Å². The Hall–Kier alpha value is -1.63. The minimum absolute atomic E-state index is 0.0756. The molecule has 21 heavy (non-hydrogen) atoms. The van der Waals surface area contributed by atoms with Crippen molar-refractivity contribution in [3.05, 3.63) is 29.6 Å². The molecule has 0 radical (unpaired) electrons. The van der Waals surface area contributed by atoms with Crippen LogP contribution in [-0.4, -0.2) is 28.6 Å². The molecular formula is C14H19F3N2O2. The number of nitrogens with zero attached hydrogens (tertiary/aromatic N) is 1. The number of aliphatic hydroxyl groups excluding tert-OH is 1. The van der Waals surface area contributed by atoms with Crippen molar-refractivity contribution >= 4 is 5.91 Å². The van der Waals surface area contributed by atoms with Crippen LogP contribution in [0.4, 0.5) is 13.2 Å². The number of carbonyl (C=O) groups excluding carboxylic acids is 1. The van der Waals surface area contributed by atoms with Crippen molar-refractivity contribution in [3.8, 4) is 0 Å². The molecule has 0 aliphatic carbocycles. The van der Waals surface area contributed by atoms with E-state index >= 15 is 0 Å². The smallest absolute Gasteiger partial charge is 0.393 e.